The molecule has 0 aromatic rings. The van der Waals surface area contributed by atoms with E-state index in [0.717, 1.165) is 76.5 Å². The highest BCUT2D eigenvalue weighted by atomic mass is 16.6. The summed E-state index contributed by atoms with van der Waals surface area (Å²) in [6, 6.07) is 1.50. The van der Waals surface area contributed by atoms with Crippen LogP contribution in [-0.4, -0.2) is 98.9 Å². The number of hydrogen-bond acceptors (Lipinski definition) is 6. The zero-order valence-electron chi connectivity index (χ0n) is 19.2. The van der Waals surface area contributed by atoms with Crippen molar-refractivity contribution in [2.75, 3.05) is 52.6 Å². The third-order valence-corrected chi connectivity index (χ3v) is 8.57. The minimum Gasteiger partial charge on any atom is -0.372 e. The molecule has 8 unspecified atom stereocenters. The average molecular weight is 435 g/mol. The third-order valence-electron chi connectivity index (χ3n) is 8.57. The highest BCUT2D eigenvalue weighted by Gasteiger charge is 2.38. The molecule has 176 valence electrons. The monoisotopic (exact) mass is 434 g/mol. The number of epoxide rings is 4. The number of ether oxygens (including phenoxy) is 4. The highest BCUT2D eigenvalue weighted by Crippen LogP contribution is 2.39. The molecule has 0 bridgehead atoms. The van der Waals surface area contributed by atoms with E-state index in [1.165, 1.54) is 57.8 Å². The highest BCUT2D eigenvalue weighted by molar-refractivity contribution is 4.91. The van der Waals surface area contributed by atoms with Gasteiger partial charge in [-0.3, -0.25) is 9.80 Å². The Bertz CT molecular complexity index is 512. The summed E-state index contributed by atoms with van der Waals surface area (Å²) in [5.74, 6) is 1.83. The molecule has 8 atom stereocenters. The Hall–Kier alpha value is -0.240. The van der Waals surface area contributed by atoms with Gasteiger partial charge < -0.3 is 18.9 Å². The molecule has 6 aliphatic rings. The van der Waals surface area contributed by atoms with Crippen LogP contribution in [0.3, 0.4) is 0 Å². The van der Waals surface area contributed by atoms with Crippen molar-refractivity contribution >= 4 is 0 Å². The molecule has 4 aliphatic heterocycles. The Balaban J connectivity index is 1.01. The first-order chi connectivity index (χ1) is 15.3. The molecule has 2 saturated carbocycles. The van der Waals surface area contributed by atoms with Gasteiger partial charge >= 0.3 is 0 Å². The lowest BCUT2D eigenvalue weighted by molar-refractivity contribution is 0.0819. The molecule has 0 radical (unpaired) electrons. The van der Waals surface area contributed by atoms with E-state index in [-0.39, 0.29) is 0 Å². The Kier molecular flexibility index (Phi) is 6.57. The van der Waals surface area contributed by atoms with Crippen molar-refractivity contribution in [3.63, 3.8) is 0 Å². The minimum atomic E-state index is 0.495. The van der Waals surface area contributed by atoms with Gasteiger partial charge in [-0.2, -0.15) is 0 Å². The fourth-order valence-corrected chi connectivity index (χ4v) is 6.57. The molecule has 0 aromatic heterocycles. The van der Waals surface area contributed by atoms with Crippen LogP contribution in [0.5, 0.6) is 0 Å². The van der Waals surface area contributed by atoms with Crippen LogP contribution in [0.1, 0.15) is 57.8 Å². The first-order valence-corrected chi connectivity index (χ1v) is 13.2. The molecule has 6 heteroatoms. The lowest BCUT2D eigenvalue weighted by Crippen LogP contribution is -2.44. The second-order valence-electron chi connectivity index (χ2n) is 11.3. The van der Waals surface area contributed by atoms with Crippen molar-refractivity contribution in [2.24, 2.45) is 11.8 Å². The Labute approximate surface area is 187 Å². The zero-order chi connectivity index (χ0) is 20.6. The van der Waals surface area contributed by atoms with Crippen molar-refractivity contribution in [2.45, 2.75) is 94.3 Å². The normalized spacial score (nSPS) is 43.9. The fraction of sp³-hybridized carbons (Fsp3) is 1.00. The van der Waals surface area contributed by atoms with Crippen LogP contribution in [0.4, 0.5) is 0 Å². The van der Waals surface area contributed by atoms with Crippen molar-refractivity contribution in [1.82, 2.24) is 9.80 Å². The van der Waals surface area contributed by atoms with Gasteiger partial charge in [-0.05, 0) is 43.9 Å². The van der Waals surface area contributed by atoms with Crippen LogP contribution in [0.25, 0.3) is 0 Å². The van der Waals surface area contributed by atoms with Crippen molar-refractivity contribution < 1.29 is 18.9 Å². The van der Waals surface area contributed by atoms with Crippen molar-refractivity contribution in [3.8, 4) is 0 Å². The largest absolute Gasteiger partial charge is 0.372 e. The Morgan fingerprint density at radius 3 is 1.19 bits per heavy atom. The summed E-state index contributed by atoms with van der Waals surface area (Å²) in [6.45, 7) is 8.39. The maximum atomic E-state index is 5.57. The van der Waals surface area contributed by atoms with Gasteiger partial charge in [-0.15, -0.1) is 0 Å². The number of nitrogens with zero attached hydrogens (tertiary/aromatic N) is 2. The van der Waals surface area contributed by atoms with Crippen LogP contribution in [0.2, 0.25) is 0 Å². The lowest BCUT2D eigenvalue weighted by atomic mass is 9.74. The average Bonchev–Trinajstić information content (AvgIpc) is 3.62. The van der Waals surface area contributed by atoms with Gasteiger partial charge in [-0.25, -0.2) is 0 Å². The standard InChI is InChI=1S/C25H42N2O4/c1-3-18(8-20(5-1)26(10-22-14-28-22)11-23-15-29-23)7-19-4-2-6-21(9-19)27(12-24-16-30-24)13-25-17-31-25/h18-25H,1-17H2. The molecule has 6 nitrogen and oxygen atoms in total. The summed E-state index contributed by atoms with van der Waals surface area (Å²) in [6.07, 6.45) is 14.7. The van der Waals surface area contributed by atoms with E-state index in [4.69, 9.17) is 18.9 Å². The predicted molar refractivity (Wildman–Crippen MR) is 118 cm³/mol. The molecule has 4 saturated heterocycles. The van der Waals surface area contributed by atoms with E-state index in [1.54, 1.807) is 0 Å². The summed E-state index contributed by atoms with van der Waals surface area (Å²) in [5, 5.41) is 0. The second kappa shape index (κ2) is 9.55. The van der Waals surface area contributed by atoms with Crippen LogP contribution in [0.15, 0.2) is 0 Å². The van der Waals surface area contributed by atoms with Crippen LogP contribution >= 0.6 is 0 Å². The van der Waals surface area contributed by atoms with E-state index in [1.807, 2.05) is 0 Å². The summed E-state index contributed by atoms with van der Waals surface area (Å²) in [7, 11) is 0. The first kappa shape index (κ1) is 21.3. The maximum absolute atomic E-state index is 5.57. The van der Waals surface area contributed by atoms with Crippen molar-refractivity contribution in [3.05, 3.63) is 0 Å². The second-order valence-corrected chi connectivity index (χ2v) is 11.3. The molecular weight excluding hydrogens is 392 g/mol. The molecule has 6 rings (SSSR count). The lowest BCUT2D eigenvalue weighted by Gasteiger charge is -2.41. The fourth-order valence-electron chi connectivity index (χ4n) is 6.57. The molecule has 0 aromatic carbocycles. The van der Waals surface area contributed by atoms with Gasteiger partial charge in [0.15, 0.2) is 0 Å². The summed E-state index contributed by atoms with van der Waals surface area (Å²) in [4.78, 5) is 5.47. The molecule has 31 heavy (non-hydrogen) atoms. The smallest absolute Gasteiger partial charge is 0.0936 e. The predicted octanol–water partition coefficient (Wildman–Crippen LogP) is 2.69. The number of hydrogen-bond donors (Lipinski definition) is 0. The van der Waals surface area contributed by atoms with Crippen LogP contribution < -0.4 is 0 Å². The van der Waals surface area contributed by atoms with Gasteiger partial charge in [0.1, 0.15) is 0 Å². The summed E-state index contributed by atoms with van der Waals surface area (Å²) >= 11 is 0. The SMILES string of the molecule is C1CC(CC2CCCC(N(CC3CO3)CC3CO3)C2)CC(N(CC2CO2)CC2CO2)C1. The van der Waals surface area contributed by atoms with E-state index in [2.05, 4.69) is 9.80 Å². The van der Waals surface area contributed by atoms with Gasteiger partial charge in [0.05, 0.1) is 50.8 Å². The van der Waals surface area contributed by atoms with Gasteiger partial charge in [0.2, 0.25) is 0 Å². The summed E-state index contributed by atoms with van der Waals surface area (Å²) in [5.41, 5.74) is 0. The molecule has 6 fully saturated rings. The van der Waals surface area contributed by atoms with E-state index < -0.39 is 0 Å². The van der Waals surface area contributed by atoms with E-state index in [9.17, 15) is 0 Å². The Morgan fingerprint density at radius 1 is 0.516 bits per heavy atom. The molecular formula is C25H42N2O4. The van der Waals surface area contributed by atoms with E-state index >= 15 is 0 Å². The molecule has 4 heterocycles. The minimum absolute atomic E-state index is 0.495. The molecule has 2 aliphatic carbocycles. The molecule has 0 spiro atoms. The quantitative estimate of drug-likeness (QED) is 0.440. The molecule has 0 amide bonds. The van der Waals surface area contributed by atoms with E-state index in [0.29, 0.717) is 24.4 Å². The third kappa shape index (κ3) is 6.42. The molecule has 0 N–H and O–H groups in total. The summed E-state index contributed by atoms with van der Waals surface area (Å²) < 4.78 is 22.3. The van der Waals surface area contributed by atoms with Gasteiger partial charge in [-0.1, -0.05) is 25.7 Å². The van der Waals surface area contributed by atoms with Crippen LogP contribution in [-0.2, 0) is 18.9 Å². The topological polar surface area (TPSA) is 56.6 Å². The van der Waals surface area contributed by atoms with Crippen LogP contribution in [0, 0.1) is 11.8 Å². The number of rotatable bonds is 12. The Morgan fingerprint density at radius 2 is 0.871 bits per heavy atom. The van der Waals surface area contributed by atoms with Gasteiger partial charge in [0, 0.05) is 38.3 Å². The van der Waals surface area contributed by atoms with Gasteiger partial charge in [0.25, 0.3) is 0 Å². The zero-order valence-corrected chi connectivity index (χ0v) is 19.2. The van der Waals surface area contributed by atoms with Crippen molar-refractivity contribution in [1.29, 1.82) is 0 Å². The first-order valence-electron chi connectivity index (χ1n) is 13.2. The maximum Gasteiger partial charge on any atom is 0.0936 e.